The third kappa shape index (κ3) is 4.71. The molecule has 5 heteroatoms. The SMILES string of the molecule is CCP(C)c1cc(OC)ccc1NC(=O)NC(C)C. The lowest BCUT2D eigenvalue weighted by Gasteiger charge is -2.18. The Morgan fingerprint density at radius 3 is 2.63 bits per heavy atom. The molecule has 0 radical (unpaired) electrons. The Bertz CT molecular complexity index is 435. The molecule has 2 N–H and O–H groups in total. The van der Waals surface area contributed by atoms with Crippen LogP contribution >= 0.6 is 7.92 Å². The van der Waals surface area contributed by atoms with E-state index in [1.165, 1.54) is 0 Å². The largest absolute Gasteiger partial charge is 0.497 e. The lowest BCUT2D eigenvalue weighted by atomic mass is 10.3. The summed E-state index contributed by atoms with van der Waals surface area (Å²) in [7, 11) is 1.36. The number of hydrogen-bond donors (Lipinski definition) is 2. The van der Waals surface area contributed by atoms with Gasteiger partial charge < -0.3 is 15.4 Å². The highest BCUT2D eigenvalue weighted by Gasteiger charge is 2.12. The van der Waals surface area contributed by atoms with Gasteiger partial charge in [0.25, 0.3) is 0 Å². The lowest BCUT2D eigenvalue weighted by Crippen LogP contribution is -2.35. The van der Waals surface area contributed by atoms with Gasteiger partial charge in [0, 0.05) is 11.3 Å². The second-order valence-electron chi connectivity index (χ2n) is 4.65. The third-order valence-electron chi connectivity index (χ3n) is 2.76. The molecule has 0 saturated heterocycles. The monoisotopic (exact) mass is 282 g/mol. The van der Waals surface area contributed by atoms with Gasteiger partial charge in [-0.25, -0.2) is 4.79 Å². The second-order valence-corrected chi connectivity index (χ2v) is 7.16. The number of amides is 2. The van der Waals surface area contributed by atoms with E-state index in [-0.39, 0.29) is 20.0 Å². The minimum absolute atomic E-state index is 0.121. The number of benzene rings is 1. The molecule has 2 amide bonds. The van der Waals surface area contributed by atoms with Crippen LogP contribution in [0.5, 0.6) is 5.75 Å². The van der Waals surface area contributed by atoms with Crippen LogP contribution in [0.15, 0.2) is 18.2 Å². The van der Waals surface area contributed by atoms with Crippen LogP contribution in [-0.4, -0.2) is 32.0 Å². The van der Waals surface area contributed by atoms with Gasteiger partial charge >= 0.3 is 6.03 Å². The van der Waals surface area contributed by atoms with Gasteiger partial charge in [-0.05, 0) is 44.9 Å². The number of anilines is 1. The van der Waals surface area contributed by atoms with Crippen LogP contribution in [0.2, 0.25) is 0 Å². The summed E-state index contributed by atoms with van der Waals surface area (Å²) < 4.78 is 5.26. The fraction of sp³-hybridized carbons (Fsp3) is 0.500. The number of nitrogens with one attached hydrogen (secondary N) is 2. The van der Waals surface area contributed by atoms with E-state index in [0.29, 0.717) is 0 Å². The van der Waals surface area contributed by atoms with Gasteiger partial charge in [-0.3, -0.25) is 0 Å². The first-order valence-corrected chi connectivity index (χ1v) is 8.42. The molecule has 4 nitrogen and oxygen atoms in total. The molecule has 1 atom stereocenters. The molecule has 0 spiro atoms. The van der Waals surface area contributed by atoms with Crippen molar-refractivity contribution in [3.63, 3.8) is 0 Å². The molecule has 0 fully saturated rings. The zero-order valence-corrected chi connectivity index (χ0v) is 13.2. The van der Waals surface area contributed by atoms with Crippen LogP contribution in [0.25, 0.3) is 0 Å². The molecule has 0 bridgehead atoms. The first-order valence-electron chi connectivity index (χ1n) is 6.44. The molecular weight excluding hydrogens is 259 g/mol. The zero-order chi connectivity index (χ0) is 14.4. The second kappa shape index (κ2) is 7.34. The molecule has 106 valence electrons. The summed E-state index contributed by atoms with van der Waals surface area (Å²) >= 11 is 0. The van der Waals surface area contributed by atoms with E-state index in [2.05, 4.69) is 24.2 Å². The Labute approximate surface area is 116 Å². The van der Waals surface area contributed by atoms with E-state index in [1.54, 1.807) is 7.11 Å². The Kier molecular flexibility index (Phi) is 6.10. The lowest BCUT2D eigenvalue weighted by molar-refractivity contribution is 0.250. The Morgan fingerprint density at radius 1 is 1.42 bits per heavy atom. The van der Waals surface area contributed by atoms with E-state index in [1.807, 2.05) is 32.0 Å². The summed E-state index contributed by atoms with van der Waals surface area (Å²) in [5.41, 5.74) is 0.870. The van der Waals surface area contributed by atoms with Crippen LogP contribution < -0.4 is 20.7 Å². The molecule has 0 heterocycles. The molecular formula is C14H23N2O2P. The summed E-state index contributed by atoms with van der Waals surface area (Å²) in [6.45, 7) is 8.24. The van der Waals surface area contributed by atoms with Crippen LogP contribution in [0.1, 0.15) is 20.8 Å². The first-order chi connectivity index (χ1) is 8.97. The normalized spacial score (nSPS) is 12.1. The molecule has 1 aromatic carbocycles. The van der Waals surface area contributed by atoms with Gasteiger partial charge in [-0.15, -0.1) is 0 Å². The Morgan fingerprint density at radius 2 is 2.11 bits per heavy atom. The molecule has 19 heavy (non-hydrogen) atoms. The molecule has 1 rings (SSSR count). The molecule has 0 aliphatic heterocycles. The summed E-state index contributed by atoms with van der Waals surface area (Å²) in [5, 5.41) is 6.91. The van der Waals surface area contributed by atoms with Gasteiger partial charge in [-0.1, -0.05) is 14.8 Å². The predicted molar refractivity (Wildman–Crippen MR) is 83.3 cm³/mol. The van der Waals surface area contributed by atoms with Crippen molar-refractivity contribution < 1.29 is 9.53 Å². The maximum atomic E-state index is 11.8. The third-order valence-corrected chi connectivity index (χ3v) is 4.90. The maximum absolute atomic E-state index is 11.8. The van der Waals surface area contributed by atoms with E-state index in [4.69, 9.17) is 4.74 Å². The quantitative estimate of drug-likeness (QED) is 0.816. The van der Waals surface area contributed by atoms with Crippen LogP contribution in [0, 0.1) is 0 Å². The maximum Gasteiger partial charge on any atom is 0.319 e. The molecule has 1 unspecified atom stereocenters. The first kappa shape index (κ1) is 15.8. The van der Waals surface area contributed by atoms with Crippen molar-refractivity contribution in [3.8, 4) is 5.75 Å². The smallest absolute Gasteiger partial charge is 0.319 e. The Hall–Kier alpha value is -1.28. The molecule has 0 aromatic heterocycles. The average molecular weight is 282 g/mol. The average Bonchev–Trinajstić information content (AvgIpc) is 2.37. The highest BCUT2D eigenvalue weighted by atomic mass is 31.1. The van der Waals surface area contributed by atoms with Crippen LogP contribution in [0.4, 0.5) is 10.5 Å². The molecule has 0 aliphatic rings. The van der Waals surface area contributed by atoms with Crippen molar-refractivity contribution in [2.24, 2.45) is 0 Å². The van der Waals surface area contributed by atoms with Crippen molar-refractivity contribution in [1.82, 2.24) is 5.32 Å². The number of rotatable bonds is 5. The number of ether oxygens (including phenoxy) is 1. The van der Waals surface area contributed by atoms with E-state index in [9.17, 15) is 4.79 Å². The van der Waals surface area contributed by atoms with Crippen LogP contribution in [-0.2, 0) is 0 Å². The predicted octanol–water partition coefficient (Wildman–Crippen LogP) is 2.98. The summed E-state index contributed by atoms with van der Waals surface area (Å²) in [6, 6.07) is 5.74. The molecule has 1 aromatic rings. The van der Waals surface area contributed by atoms with Gasteiger partial charge in [-0.2, -0.15) is 0 Å². The van der Waals surface area contributed by atoms with Gasteiger partial charge in [0.05, 0.1) is 12.8 Å². The van der Waals surface area contributed by atoms with Crippen molar-refractivity contribution >= 4 is 24.9 Å². The number of carbonyl (C=O) groups is 1. The highest BCUT2D eigenvalue weighted by Crippen LogP contribution is 2.33. The number of hydrogen-bond acceptors (Lipinski definition) is 2. The minimum atomic E-state index is -0.290. The molecule has 0 aliphatic carbocycles. The number of methoxy groups -OCH3 is 1. The van der Waals surface area contributed by atoms with Crippen molar-refractivity contribution in [2.45, 2.75) is 26.8 Å². The summed E-state index contributed by atoms with van der Waals surface area (Å²) in [6.07, 6.45) is 1.07. The van der Waals surface area contributed by atoms with Crippen molar-refractivity contribution in [2.75, 3.05) is 25.3 Å². The summed E-state index contributed by atoms with van der Waals surface area (Å²) in [5.74, 6) is 0.826. The standard InChI is InChI=1S/C14H23N2O2P/c1-6-19(5)13-9-11(18-4)7-8-12(13)16-14(17)15-10(2)3/h7-10H,6H2,1-5H3,(H2,15,16,17). The fourth-order valence-corrected chi connectivity index (χ4v) is 2.88. The van der Waals surface area contributed by atoms with Gasteiger partial charge in [0.2, 0.25) is 0 Å². The number of carbonyl (C=O) groups excluding carboxylic acids is 1. The minimum Gasteiger partial charge on any atom is -0.497 e. The topological polar surface area (TPSA) is 50.4 Å². The van der Waals surface area contributed by atoms with E-state index >= 15 is 0 Å². The van der Waals surface area contributed by atoms with Crippen molar-refractivity contribution in [1.29, 1.82) is 0 Å². The highest BCUT2D eigenvalue weighted by molar-refractivity contribution is 7.65. The Balaban J connectivity index is 2.95. The van der Waals surface area contributed by atoms with Crippen LogP contribution in [0.3, 0.4) is 0 Å². The zero-order valence-electron chi connectivity index (χ0n) is 12.3. The van der Waals surface area contributed by atoms with Gasteiger partial charge in [0.1, 0.15) is 5.75 Å². The van der Waals surface area contributed by atoms with E-state index in [0.717, 1.165) is 22.9 Å². The van der Waals surface area contributed by atoms with E-state index < -0.39 is 0 Å². The van der Waals surface area contributed by atoms with Gasteiger partial charge in [0.15, 0.2) is 0 Å². The fourth-order valence-electron chi connectivity index (χ4n) is 1.65. The number of urea groups is 1. The molecule has 0 saturated carbocycles. The van der Waals surface area contributed by atoms with Crippen molar-refractivity contribution in [3.05, 3.63) is 18.2 Å². The summed E-state index contributed by atoms with van der Waals surface area (Å²) in [4.78, 5) is 11.8.